The number of hydrogen-bond donors (Lipinski definition) is 3. The van der Waals surface area contributed by atoms with Crippen molar-refractivity contribution in [1.29, 1.82) is 0 Å². The molecule has 3 N–H and O–H groups in total. The minimum absolute atomic E-state index is 0.0886. The van der Waals surface area contributed by atoms with E-state index in [0.717, 1.165) is 22.3 Å². The number of benzene rings is 2. The van der Waals surface area contributed by atoms with Crippen molar-refractivity contribution in [2.75, 3.05) is 6.61 Å². The smallest absolute Gasteiger partial charge is 0.407 e. The second kappa shape index (κ2) is 10.1. The fourth-order valence-electron chi connectivity index (χ4n) is 4.40. The molecule has 2 aromatic rings. The van der Waals surface area contributed by atoms with E-state index in [0.29, 0.717) is 0 Å². The summed E-state index contributed by atoms with van der Waals surface area (Å²) in [6.07, 6.45) is -0.236. The van der Waals surface area contributed by atoms with Crippen molar-refractivity contribution in [2.24, 2.45) is 5.92 Å². The number of hydrogen-bond acceptors (Lipinski definition) is 4. The third-order valence-corrected chi connectivity index (χ3v) is 6.55. The maximum Gasteiger partial charge on any atom is 0.407 e. The van der Waals surface area contributed by atoms with E-state index >= 15 is 0 Å². The summed E-state index contributed by atoms with van der Waals surface area (Å²) >= 11 is 0. The van der Waals surface area contributed by atoms with Crippen LogP contribution in [0.3, 0.4) is 0 Å². The van der Waals surface area contributed by atoms with Gasteiger partial charge in [-0.25, -0.2) is 9.59 Å². The maximum absolute atomic E-state index is 12.9. The van der Waals surface area contributed by atoms with E-state index in [1.807, 2.05) is 36.4 Å². The third kappa shape index (κ3) is 4.87. The standard InChI is InChI=1S/C26H32N2O5/c1-5-26(6-2,24(30)31)28-23(29)22(16(3)4)27-25(32)33-15-21-19-13-9-7-11-17(19)18-12-8-10-14-20(18)21/h7-14,16,21-22H,5-6,15H2,1-4H3,(H,27,32)(H,28,29)(H,30,31). The highest BCUT2D eigenvalue weighted by Crippen LogP contribution is 2.44. The molecular weight excluding hydrogens is 420 g/mol. The van der Waals surface area contributed by atoms with E-state index in [1.54, 1.807) is 27.7 Å². The molecule has 0 radical (unpaired) electrons. The van der Waals surface area contributed by atoms with Crippen molar-refractivity contribution in [3.8, 4) is 11.1 Å². The number of carboxylic acids is 1. The zero-order chi connectivity index (χ0) is 24.2. The number of carbonyl (C=O) groups is 3. The molecule has 0 aromatic heterocycles. The van der Waals surface area contributed by atoms with Gasteiger partial charge in [0.2, 0.25) is 5.91 Å². The van der Waals surface area contributed by atoms with Crippen LogP contribution in [0.1, 0.15) is 57.6 Å². The van der Waals surface area contributed by atoms with E-state index in [9.17, 15) is 19.5 Å². The van der Waals surface area contributed by atoms with Crippen molar-refractivity contribution in [3.63, 3.8) is 0 Å². The molecule has 0 saturated heterocycles. The first-order chi connectivity index (χ1) is 15.7. The number of carboxylic acid groups (broad SMARTS) is 1. The highest BCUT2D eigenvalue weighted by molar-refractivity contribution is 5.91. The molecular formula is C26H32N2O5. The molecule has 7 heteroatoms. The van der Waals surface area contributed by atoms with Crippen molar-refractivity contribution < 1.29 is 24.2 Å². The summed E-state index contributed by atoms with van der Waals surface area (Å²) < 4.78 is 5.55. The molecule has 1 aliphatic carbocycles. The Morgan fingerprint density at radius 3 is 1.94 bits per heavy atom. The van der Waals surface area contributed by atoms with Crippen LogP contribution in [0.2, 0.25) is 0 Å². The summed E-state index contributed by atoms with van der Waals surface area (Å²) in [7, 11) is 0. The second-order valence-electron chi connectivity index (χ2n) is 8.78. The Labute approximate surface area is 194 Å². The second-order valence-corrected chi connectivity index (χ2v) is 8.78. The quantitative estimate of drug-likeness (QED) is 0.526. The van der Waals surface area contributed by atoms with Crippen molar-refractivity contribution in [3.05, 3.63) is 59.7 Å². The fourth-order valence-corrected chi connectivity index (χ4v) is 4.40. The molecule has 0 heterocycles. The summed E-state index contributed by atoms with van der Waals surface area (Å²) in [4.78, 5) is 37.3. The Bertz CT molecular complexity index is 983. The first-order valence-corrected chi connectivity index (χ1v) is 11.4. The van der Waals surface area contributed by atoms with Crippen molar-refractivity contribution in [2.45, 2.75) is 58.0 Å². The average molecular weight is 453 g/mol. The summed E-state index contributed by atoms with van der Waals surface area (Å²) in [5.41, 5.74) is 3.09. The molecule has 0 spiro atoms. The molecule has 2 aromatic carbocycles. The van der Waals surface area contributed by atoms with E-state index in [2.05, 4.69) is 22.8 Å². The van der Waals surface area contributed by atoms with Crippen LogP contribution in [0.5, 0.6) is 0 Å². The number of fused-ring (bicyclic) bond motifs is 3. The number of nitrogens with one attached hydrogen (secondary N) is 2. The van der Waals surface area contributed by atoms with Gasteiger partial charge in [-0.15, -0.1) is 0 Å². The Morgan fingerprint density at radius 1 is 0.970 bits per heavy atom. The molecule has 0 fully saturated rings. The molecule has 7 nitrogen and oxygen atoms in total. The van der Waals surface area contributed by atoms with Gasteiger partial charge in [-0.2, -0.15) is 0 Å². The van der Waals surface area contributed by atoms with Crippen LogP contribution in [0.4, 0.5) is 4.79 Å². The highest BCUT2D eigenvalue weighted by Gasteiger charge is 2.39. The SMILES string of the molecule is CCC(CC)(NC(=O)C(NC(=O)OCC1c2ccccc2-c2ccccc21)C(C)C)C(=O)O. The summed E-state index contributed by atoms with van der Waals surface area (Å²) in [5.74, 6) is -1.98. The summed E-state index contributed by atoms with van der Waals surface area (Å²) in [6.45, 7) is 7.13. The molecule has 0 saturated carbocycles. The Morgan fingerprint density at radius 2 is 1.48 bits per heavy atom. The molecule has 0 aliphatic heterocycles. The molecule has 176 valence electrons. The topological polar surface area (TPSA) is 105 Å². The van der Waals surface area contributed by atoms with Crippen molar-refractivity contribution >= 4 is 18.0 Å². The Balaban J connectivity index is 1.69. The van der Waals surface area contributed by atoms with Gasteiger partial charge < -0.3 is 20.5 Å². The number of carbonyl (C=O) groups excluding carboxylic acids is 2. The van der Waals surface area contributed by atoms with Crippen LogP contribution in [-0.4, -0.2) is 41.3 Å². The average Bonchev–Trinajstić information content (AvgIpc) is 3.13. The maximum atomic E-state index is 12.9. The number of ether oxygens (including phenoxy) is 1. The predicted molar refractivity (Wildman–Crippen MR) is 126 cm³/mol. The zero-order valence-electron chi connectivity index (χ0n) is 19.6. The van der Waals surface area contributed by atoms with Gasteiger partial charge in [-0.05, 0) is 41.0 Å². The summed E-state index contributed by atoms with van der Waals surface area (Å²) in [6, 6.07) is 15.2. The van der Waals surface area contributed by atoms with Gasteiger partial charge in [-0.1, -0.05) is 76.2 Å². The number of amides is 2. The van der Waals surface area contributed by atoms with Crippen LogP contribution in [0, 0.1) is 5.92 Å². The molecule has 1 aliphatic rings. The first kappa shape index (κ1) is 24.3. The molecule has 2 amide bonds. The van der Waals surface area contributed by atoms with Gasteiger partial charge in [0.05, 0.1) is 0 Å². The first-order valence-electron chi connectivity index (χ1n) is 11.4. The molecule has 0 bridgehead atoms. The van der Waals surface area contributed by atoms with E-state index in [-0.39, 0.29) is 31.3 Å². The van der Waals surface area contributed by atoms with Gasteiger partial charge in [0, 0.05) is 5.92 Å². The normalized spacial score (nSPS) is 13.7. The third-order valence-electron chi connectivity index (χ3n) is 6.55. The lowest BCUT2D eigenvalue weighted by molar-refractivity contribution is -0.148. The number of aliphatic carboxylic acids is 1. The molecule has 33 heavy (non-hydrogen) atoms. The van der Waals surface area contributed by atoms with E-state index in [1.165, 1.54) is 0 Å². The Kier molecular flexibility index (Phi) is 7.41. The Hall–Kier alpha value is -3.35. The lowest BCUT2D eigenvalue weighted by Crippen LogP contribution is -2.60. The lowest BCUT2D eigenvalue weighted by atomic mass is 9.91. The minimum atomic E-state index is -1.37. The number of rotatable bonds is 9. The number of alkyl carbamates (subject to hydrolysis) is 1. The highest BCUT2D eigenvalue weighted by atomic mass is 16.5. The van der Waals surface area contributed by atoms with Crippen LogP contribution in [0.25, 0.3) is 11.1 Å². The molecule has 3 rings (SSSR count). The largest absolute Gasteiger partial charge is 0.480 e. The van der Waals surface area contributed by atoms with Gasteiger partial charge >= 0.3 is 12.1 Å². The van der Waals surface area contributed by atoms with E-state index < -0.39 is 29.6 Å². The van der Waals surface area contributed by atoms with Crippen LogP contribution >= 0.6 is 0 Å². The van der Waals surface area contributed by atoms with Crippen LogP contribution < -0.4 is 10.6 Å². The van der Waals surface area contributed by atoms with Gasteiger partial charge in [0.25, 0.3) is 0 Å². The minimum Gasteiger partial charge on any atom is -0.480 e. The van der Waals surface area contributed by atoms with Gasteiger partial charge in [0.15, 0.2) is 0 Å². The monoisotopic (exact) mass is 452 g/mol. The van der Waals surface area contributed by atoms with E-state index in [4.69, 9.17) is 4.74 Å². The van der Waals surface area contributed by atoms with Crippen molar-refractivity contribution in [1.82, 2.24) is 10.6 Å². The molecule has 1 unspecified atom stereocenters. The lowest BCUT2D eigenvalue weighted by Gasteiger charge is -2.31. The van der Waals surface area contributed by atoms with Crippen LogP contribution in [-0.2, 0) is 14.3 Å². The van der Waals surface area contributed by atoms with Crippen LogP contribution in [0.15, 0.2) is 48.5 Å². The molecule has 1 atom stereocenters. The predicted octanol–water partition coefficient (Wildman–Crippen LogP) is 4.31. The summed E-state index contributed by atoms with van der Waals surface area (Å²) in [5, 5.41) is 14.9. The van der Waals surface area contributed by atoms with Gasteiger partial charge in [-0.3, -0.25) is 4.79 Å². The fraction of sp³-hybridized carbons (Fsp3) is 0.423. The van der Waals surface area contributed by atoms with Gasteiger partial charge in [0.1, 0.15) is 18.2 Å². The zero-order valence-corrected chi connectivity index (χ0v) is 19.6.